The van der Waals surface area contributed by atoms with Gasteiger partial charge in [0.2, 0.25) is 0 Å². The first-order chi connectivity index (χ1) is 8.86. The van der Waals surface area contributed by atoms with Crippen molar-refractivity contribution in [1.82, 2.24) is 5.32 Å². The van der Waals surface area contributed by atoms with E-state index in [0.717, 1.165) is 0 Å². The Morgan fingerprint density at radius 3 is 1.47 bits per heavy atom. The van der Waals surface area contributed by atoms with Crippen LogP contribution in [-0.4, -0.2) is 46.8 Å². The van der Waals surface area contributed by atoms with Crippen LogP contribution in [0.1, 0.15) is 12.8 Å². The maximum absolute atomic E-state index is 9.72. The Kier molecular flexibility index (Phi) is 13.6. The molecule has 0 radical (unpaired) electrons. The Balaban J connectivity index is 0. The van der Waals surface area contributed by atoms with Gasteiger partial charge in [-0.05, 0) is 25.9 Å². The minimum Gasteiger partial charge on any atom is -0.328 e. The normalized spacial score (nSPS) is 8.84. The van der Waals surface area contributed by atoms with Crippen molar-refractivity contribution in [3.05, 3.63) is 30.3 Å². The summed E-state index contributed by atoms with van der Waals surface area (Å²) in [6.07, 6.45) is 1.02. The molecule has 0 aromatic heterocycles. The van der Waals surface area contributed by atoms with E-state index in [0.29, 0.717) is 25.9 Å². The molecule has 0 aliphatic rings. The van der Waals surface area contributed by atoms with Crippen LogP contribution >= 0.6 is 0 Å². The first-order valence-corrected chi connectivity index (χ1v) is 4.95. The fraction of sp³-hybridized carbons (Fsp3) is 1.00. The zero-order valence-electron chi connectivity index (χ0n) is 9.80. The molecule has 0 bridgehead atoms. The number of hydrogen-bond acceptors (Lipinski definition) is 9. The van der Waals surface area contributed by atoms with Gasteiger partial charge in [0, 0.05) is 0 Å². The number of rotatable bonds is 10. The van der Waals surface area contributed by atoms with E-state index in [1.54, 1.807) is 0 Å². The van der Waals surface area contributed by atoms with Gasteiger partial charge >= 0.3 is 0 Å². The SMILES string of the molecule is O=[N+]([O-])O.O=[N+]([O-])OCCCNCCCO[N+](=O)[O-]. The highest BCUT2D eigenvalue weighted by atomic mass is 17.0. The molecule has 0 saturated heterocycles. The molecule has 13 heteroatoms. The summed E-state index contributed by atoms with van der Waals surface area (Å²) in [5, 5.41) is 34.3. The third-order valence-corrected chi connectivity index (χ3v) is 1.39. The lowest BCUT2D eigenvalue weighted by Gasteiger charge is -2.03. The highest BCUT2D eigenvalue weighted by Crippen LogP contribution is 1.83. The first kappa shape index (κ1) is 18.9. The van der Waals surface area contributed by atoms with Crippen LogP contribution in [0.2, 0.25) is 0 Å². The molecule has 0 atom stereocenters. The molecule has 0 fully saturated rings. The van der Waals surface area contributed by atoms with Gasteiger partial charge in [-0.25, -0.2) is 0 Å². The van der Waals surface area contributed by atoms with Gasteiger partial charge in [0.25, 0.3) is 15.3 Å². The monoisotopic (exact) mass is 286 g/mol. The smallest absolute Gasteiger partial charge is 0.294 e. The molecule has 112 valence electrons. The molecule has 0 spiro atoms. The Labute approximate surface area is 106 Å². The molecule has 0 amide bonds. The summed E-state index contributed by atoms with van der Waals surface area (Å²) < 4.78 is 0. The van der Waals surface area contributed by atoms with E-state index in [9.17, 15) is 20.2 Å². The van der Waals surface area contributed by atoms with Crippen molar-refractivity contribution in [2.75, 3.05) is 26.3 Å². The summed E-state index contributed by atoms with van der Waals surface area (Å²) in [5.41, 5.74) is 0. The lowest BCUT2D eigenvalue weighted by Crippen LogP contribution is -2.20. The van der Waals surface area contributed by atoms with Crippen LogP contribution in [0.4, 0.5) is 0 Å². The van der Waals surface area contributed by atoms with Crippen LogP contribution in [0, 0.1) is 30.3 Å². The van der Waals surface area contributed by atoms with Crippen molar-refractivity contribution in [3.63, 3.8) is 0 Å². The Morgan fingerprint density at radius 1 is 0.895 bits per heavy atom. The van der Waals surface area contributed by atoms with E-state index in [2.05, 4.69) is 15.0 Å². The summed E-state index contributed by atoms with van der Waals surface area (Å²) in [7, 11) is 0. The molecule has 13 nitrogen and oxygen atoms in total. The van der Waals surface area contributed by atoms with Crippen LogP contribution in [0.25, 0.3) is 0 Å². The molecule has 0 rings (SSSR count). The fourth-order valence-corrected chi connectivity index (χ4v) is 0.798. The lowest BCUT2D eigenvalue weighted by molar-refractivity contribution is -0.757. The van der Waals surface area contributed by atoms with E-state index >= 15 is 0 Å². The molecule has 2 N–H and O–H groups in total. The van der Waals surface area contributed by atoms with Crippen molar-refractivity contribution in [1.29, 1.82) is 0 Å². The van der Waals surface area contributed by atoms with Gasteiger partial charge in [-0.2, -0.15) is 0 Å². The largest absolute Gasteiger partial charge is 0.328 e. The van der Waals surface area contributed by atoms with E-state index in [1.165, 1.54) is 0 Å². The highest BCUT2D eigenvalue weighted by Gasteiger charge is 1.95. The van der Waals surface area contributed by atoms with Gasteiger partial charge < -0.3 is 20.2 Å². The standard InChI is InChI=1S/C6H13N3O6.HNO3/c10-8(11)14-5-1-3-7-4-2-6-15-9(12)13;2-1(3)4/h7H,1-6H2;(H,2,3,4). The summed E-state index contributed by atoms with van der Waals surface area (Å²) in [6, 6.07) is 0. The predicted octanol–water partition coefficient (Wildman–Crippen LogP) is -0.575. The van der Waals surface area contributed by atoms with E-state index < -0.39 is 15.3 Å². The molecule has 0 aliphatic heterocycles. The van der Waals surface area contributed by atoms with Gasteiger partial charge in [0.05, 0.1) is 13.2 Å². The second-order valence-electron chi connectivity index (χ2n) is 2.81. The van der Waals surface area contributed by atoms with Crippen molar-refractivity contribution in [3.8, 4) is 0 Å². The lowest BCUT2D eigenvalue weighted by atomic mass is 10.4. The molecule has 0 heterocycles. The number of nitrogens with zero attached hydrogens (tertiary/aromatic N) is 3. The van der Waals surface area contributed by atoms with Crippen LogP contribution in [-0.2, 0) is 9.68 Å². The molecule has 19 heavy (non-hydrogen) atoms. The maximum atomic E-state index is 9.72. The molecule has 0 aromatic rings. The van der Waals surface area contributed by atoms with Gasteiger partial charge in [-0.3, -0.25) is 0 Å². The van der Waals surface area contributed by atoms with Gasteiger partial charge in [-0.15, -0.1) is 30.3 Å². The summed E-state index contributed by atoms with van der Waals surface area (Å²) in [5.74, 6) is 0. The van der Waals surface area contributed by atoms with Crippen LogP contribution in [0.3, 0.4) is 0 Å². The van der Waals surface area contributed by atoms with Crippen LogP contribution in [0.5, 0.6) is 0 Å². The molecular formula is C6H14N4O9. The van der Waals surface area contributed by atoms with Crippen LogP contribution in [0.15, 0.2) is 0 Å². The molecule has 0 aliphatic carbocycles. The molecule has 0 unspecified atom stereocenters. The Morgan fingerprint density at radius 2 is 1.21 bits per heavy atom. The van der Waals surface area contributed by atoms with E-state index in [4.69, 9.17) is 15.3 Å². The average molecular weight is 286 g/mol. The number of hydrogen-bond donors (Lipinski definition) is 2. The minimum absolute atomic E-state index is 0.0470. The molecular weight excluding hydrogens is 272 g/mol. The van der Waals surface area contributed by atoms with Crippen LogP contribution < -0.4 is 5.32 Å². The third kappa shape index (κ3) is 31.3. The Bertz CT molecular complexity index is 249. The maximum Gasteiger partial charge on any atom is 0.294 e. The fourth-order valence-electron chi connectivity index (χ4n) is 0.798. The van der Waals surface area contributed by atoms with E-state index in [-0.39, 0.29) is 13.2 Å². The van der Waals surface area contributed by atoms with Crippen molar-refractivity contribution in [2.45, 2.75) is 12.8 Å². The van der Waals surface area contributed by atoms with Crippen molar-refractivity contribution < 1.29 is 30.1 Å². The predicted molar refractivity (Wildman–Crippen MR) is 56.8 cm³/mol. The minimum atomic E-state index is -1.50. The topological polar surface area (TPSA) is 180 Å². The summed E-state index contributed by atoms with van der Waals surface area (Å²) in [4.78, 5) is 35.9. The van der Waals surface area contributed by atoms with Crippen molar-refractivity contribution in [2.24, 2.45) is 0 Å². The average Bonchev–Trinajstić information content (AvgIpc) is 2.25. The van der Waals surface area contributed by atoms with E-state index in [1.807, 2.05) is 0 Å². The third-order valence-electron chi connectivity index (χ3n) is 1.39. The van der Waals surface area contributed by atoms with Gasteiger partial charge in [0.1, 0.15) is 0 Å². The Hall–Kier alpha value is -2.44. The second-order valence-corrected chi connectivity index (χ2v) is 2.81. The van der Waals surface area contributed by atoms with Crippen molar-refractivity contribution >= 4 is 0 Å². The zero-order valence-corrected chi connectivity index (χ0v) is 9.80. The van der Waals surface area contributed by atoms with Gasteiger partial charge in [-0.1, -0.05) is 0 Å². The molecule has 0 saturated carbocycles. The zero-order chi connectivity index (χ0) is 15.1. The summed E-state index contributed by atoms with van der Waals surface area (Å²) >= 11 is 0. The summed E-state index contributed by atoms with van der Waals surface area (Å²) in [6.45, 7) is 1.22. The first-order valence-electron chi connectivity index (χ1n) is 4.95. The van der Waals surface area contributed by atoms with Gasteiger partial charge in [0.15, 0.2) is 0 Å². The quantitative estimate of drug-likeness (QED) is 0.299. The highest BCUT2D eigenvalue weighted by molar-refractivity contribution is 4.46. The molecule has 0 aromatic carbocycles. The second kappa shape index (κ2) is 13.6. The number of nitrogens with one attached hydrogen (secondary N) is 1.